The van der Waals surface area contributed by atoms with Crippen LogP contribution in [0.1, 0.15) is 13.3 Å². The summed E-state index contributed by atoms with van der Waals surface area (Å²) in [5, 5.41) is 0. The van der Waals surface area contributed by atoms with E-state index in [1.807, 2.05) is 31.2 Å². The predicted molar refractivity (Wildman–Crippen MR) is 51.3 cm³/mol. The van der Waals surface area contributed by atoms with Gasteiger partial charge >= 0.3 is 0 Å². The summed E-state index contributed by atoms with van der Waals surface area (Å²) < 4.78 is 11.0. The van der Waals surface area contributed by atoms with Gasteiger partial charge in [0.15, 0.2) is 11.5 Å². The molecule has 2 rings (SSSR count). The molecule has 3 nitrogen and oxygen atoms in total. The summed E-state index contributed by atoms with van der Waals surface area (Å²) in [6, 6.07) is 7.52. The highest BCUT2D eigenvalue weighted by Crippen LogP contribution is 2.35. The van der Waals surface area contributed by atoms with Crippen LogP contribution in [0.5, 0.6) is 11.5 Å². The van der Waals surface area contributed by atoms with Crippen LogP contribution in [-0.2, 0) is 4.79 Å². The number of carbonyl (C=O) groups is 1. The second kappa shape index (κ2) is 3.70. The van der Waals surface area contributed by atoms with Crippen molar-refractivity contribution in [1.82, 2.24) is 0 Å². The minimum absolute atomic E-state index is 0.0330. The molecule has 0 spiro atoms. The molecule has 0 saturated carbocycles. The topological polar surface area (TPSA) is 35.5 Å². The van der Waals surface area contributed by atoms with Crippen LogP contribution in [0.4, 0.5) is 0 Å². The Morgan fingerprint density at radius 1 is 1.36 bits per heavy atom. The molecule has 0 fully saturated rings. The summed E-state index contributed by atoms with van der Waals surface area (Å²) in [5.41, 5.74) is 0. The average molecular weight is 192 g/mol. The normalized spacial score (nSPS) is 16.6. The lowest BCUT2D eigenvalue weighted by molar-refractivity contribution is -0.112. The van der Waals surface area contributed by atoms with Crippen molar-refractivity contribution in [3.8, 4) is 11.5 Å². The zero-order chi connectivity index (χ0) is 9.97. The van der Waals surface area contributed by atoms with Crippen LogP contribution in [0.2, 0.25) is 0 Å². The van der Waals surface area contributed by atoms with Gasteiger partial charge in [-0.3, -0.25) is 0 Å². The van der Waals surface area contributed by atoms with Crippen LogP contribution in [-0.4, -0.2) is 12.6 Å². The zero-order valence-corrected chi connectivity index (χ0v) is 7.97. The summed E-state index contributed by atoms with van der Waals surface area (Å²) in [7, 11) is 0. The molecular weight excluding hydrogens is 180 g/mol. The van der Waals surface area contributed by atoms with E-state index >= 15 is 0 Å². The Morgan fingerprint density at radius 3 is 2.43 bits per heavy atom. The van der Waals surface area contributed by atoms with Gasteiger partial charge in [0.05, 0.1) is 0 Å². The Morgan fingerprint density at radius 2 is 1.93 bits per heavy atom. The van der Waals surface area contributed by atoms with Crippen LogP contribution in [0.25, 0.3) is 0 Å². The number of carbonyl (C=O) groups excluding carboxylic acids is 1. The van der Waals surface area contributed by atoms with Gasteiger partial charge in [-0.05, 0) is 12.1 Å². The third-order valence-electron chi connectivity index (χ3n) is 2.16. The second-order valence-electron chi connectivity index (χ2n) is 3.46. The van der Waals surface area contributed by atoms with Crippen LogP contribution < -0.4 is 9.47 Å². The minimum Gasteiger partial charge on any atom is -0.451 e. The first-order valence-corrected chi connectivity index (χ1v) is 4.67. The van der Waals surface area contributed by atoms with Crippen LogP contribution in [0.3, 0.4) is 0 Å². The van der Waals surface area contributed by atoms with Crippen molar-refractivity contribution >= 4 is 6.29 Å². The zero-order valence-electron chi connectivity index (χ0n) is 7.97. The first-order valence-electron chi connectivity index (χ1n) is 4.67. The fourth-order valence-electron chi connectivity index (χ4n) is 1.41. The van der Waals surface area contributed by atoms with Crippen molar-refractivity contribution in [1.29, 1.82) is 0 Å². The fraction of sp³-hybridized carbons (Fsp3) is 0.364. The third kappa shape index (κ3) is 1.71. The van der Waals surface area contributed by atoms with Crippen molar-refractivity contribution in [3.05, 3.63) is 24.3 Å². The lowest BCUT2D eigenvalue weighted by Crippen LogP contribution is -2.21. The number of hydrogen-bond acceptors (Lipinski definition) is 3. The van der Waals surface area contributed by atoms with Gasteiger partial charge < -0.3 is 14.3 Å². The predicted octanol–water partition coefficient (Wildman–Crippen LogP) is 2.01. The van der Waals surface area contributed by atoms with Crippen molar-refractivity contribution < 1.29 is 14.3 Å². The minimum atomic E-state index is -0.312. The molecule has 1 heterocycles. The van der Waals surface area contributed by atoms with E-state index in [9.17, 15) is 4.79 Å². The standard InChI is InChI=1S/C11H12O3/c1-8(7-12)6-11-13-9-4-2-3-5-10(9)14-11/h2-5,7-8,11H,6H2,1H3. The van der Waals surface area contributed by atoms with Gasteiger partial charge in [0.1, 0.15) is 6.29 Å². The molecule has 0 N–H and O–H groups in total. The second-order valence-corrected chi connectivity index (χ2v) is 3.46. The Labute approximate surface area is 82.6 Å². The molecule has 1 aliphatic heterocycles. The third-order valence-corrected chi connectivity index (χ3v) is 2.16. The highest BCUT2D eigenvalue weighted by atomic mass is 16.7. The molecule has 74 valence electrons. The van der Waals surface area contributed by atoms with E-state index in [2.05, 4.69) is 0 Å². The maximum atomic E-state index is 10.5. The molecule has 1 aliphatic rings. The van der Waals surface area contributed by atoms with Crippen LogP contribution >= 0.6 is 0 Å². The molecule has 1 atom stereocenters. The number of hydrogen-bond donors (Lipinski definition) is 0. The number of fused-ring (bicyclic) bond motifs is 1. The van der Waals surface area contributed by atoms with E-state index in [-0.39, 0.29) is 12.2 Å². The average Bonchev–Trinajstić information content (AvgIpc) is 2.59. The molecule has 1 unspecified atom stereocenters. The van der Waals surface area contributed by atoms with E-state index < -0.39 is 0 Å². The van der Waals surface area contributed by atoms with Gasteiger partial charge in [-0.25, -0.2) is 0 Å². The van der Waals surface area contributed by atoms with Crippen molar-refractivity contribution in [2.75, 3.05) is 0 Å². The Balaban J connectivity index is 2.01. The lowest BCUT2D eigenvalue weighted by atomic mass is 10.1. The van der Waals surface area contributed by atoms with E-state index in [0.29, 0.717) is 6.42 Å². The molecule has 0 saturated heterocycles. The van der Waals surface area contributed by atoms with Crippen molar-refractivity contribution in [2.24, 2.45) is 5.92 Å². The van der Waals surface area contributed by atoms with Crippen molar-refractivity contribution in [2.45, 2.75) is 19.6 Å². The molecule has 0 amide bonds. The lowest BCUT2D eigenvalue weighted by Gasteiger charge is -2.11. The quantitative estimate of drug-likeness (QED) is 0.687. The summed E-state index contributed by atoms with van der Waals surface area (Å²) in [4.78, 5) is 10.5. The SMILES string of the molecule is CC(C=O)CC1Oc2ccccc2O1. The number of para-hydroxylation sites is 2. The van der Waals surface area contributed by atoms with Gasteiger partial charge in [-0.15, -0.1) is 0 Å². The van der Waals surface area contributed by atoms with E-state index in [1.54, 1.807) is 0 Å². The molecule has 0 bridgehead atoms. The van der Waals surface area contributed by atoms with Crippen molar-refractivity contribution in [3.63, 3.8) is 0 Å². The number of aldehydes is 1. The Hall–Kier alpha value is -1.51. The molecule has 1 aromatic carbocycles. The maximum absolute atomic E-state index is 10.5. The van der Waals surface area contributed by atoms with E-state index in [1.165, 1.54) is 0 Å². The first-order chi connectivity index (χ1) is 6.79. The van der Waals surface area contributed by atoms with Gasteiger partial charge in [0.25, 0.3) is 0 Å². The monoisotopic (exact) mass is 192 g/mol. The number of benzene rings is 1. The highest BCUT2D eigenvalue weighted by molar-refractivity contribution is 5.52. The summed E-state index contributed by atoms with van der Waals surface area (Å²) in [5.74, 6) is 1.49. The molecule has 0 aromatic heterocycles. The molecule has 0 aliphatic carbocycles. The Bertz CT molecular complexity index is 310. The maximum Gasteiger partial charge on any atom is 0.242 e. The Kier molecular flexibility index (Phi) is 2.39. The van der Waals surface area contributed by atoms with Gasteiger partial charge in [-0.1, -0.05) is 19.1 Å². The number of rotatable bonds is 3. The molecule has 14 heavy (non-hydrogen) atoms. The molecule has 3 heteroatoms. The van der Waals surface area contributed by atoms with Gasteiger partial charge in [0.2, 0.25) is 6.29 Å². The summed E-state index contributed by atoms with van der Waals surface area (Å²) in [6.07, 6.45) is 1.20. The van der Waals surface area contributed by atoms with Gasteiger partial charge in [0, 0.05) is 12.3 Å². The summed E-state index contributed by atoms with van der Waals surface area (Å²) in [6.45, 7) is 1.85. The summed E-state index contributed by atoms with van der Waals surface area (Å²) >= 11 is 0. The highest BCUT2D eigenvalue weighted by Gasteiger charge is 2.24. The number of ether oxygens (including phenoxy) is 2. The largest absolute Gasteiger partial charge is 0.451 e. The van der Waals surface area contributed by atoms with E-state index in [4.69, 9.17) is 9.47 Å². The van der Waals surface area contributed by atoms with E-state index in [0.717, 1.165) is 17.8 Å². The van der Waals surface area contributed by atoms with Crippen LogP contribution in [0.15, 0.2) is 24.3 Å². The fourth-order valence-corrected chi connectivity index (χ4v) is 1.41. The molecule has 1 aromatic rings. The molecular formula is C11H12O3. The first kappa shape index (κ1) is 9.06. The smallest absolute Gasteiger partial charge is 0.242 e. The van der Waals surface area contributed by atoms with Crippen LogP contribution in [0, 0.1) is 5.92 Å². The van der Waals surface area contributed by atoms with Gasteiger partial charge in [-0.2, -0.15) is 0 Å². The molecule has 0 radical (unpaired) electrons.